The van der Waals surface area contributed by atoms with Gasteiger partial charge in [-0.3, -0.25) is 0 Å². The number of aliphatic carboxylic acids is 1. The molecule has 6 nitrogen and oxygen atoms in total. The van der Waals surface area contributed by atoms with Crippen LogP contribution >= 0.6 is 0 Å². The van der Waals surface area contributed by atoms with E-state index in [4.69, 9.17) is 5.11 Å². The minimum absolute atomic E-state index is 0.0836. The van der Waals surface area contributed by atoms with Crippen molar-refractivity contribution in [2.45, 2.75) is 46.3 Å². The molecule has 0 aromatic rings. The second-order valence-corrected chi connectivity index (χ2v) is 7.08. The predicted octanol–water partition coefficient (Wildman–Crippen LogP) is 0.898. The number of hydrogen-bond donors (Lipinski definition) is 3. The highest BCUT2D eigenvalue weighted by Crippen LogP contribution is 2.67. The SMILES string of the molecule is CC1(C)C(CNC(=O)N2C[C@H](O)C[C@H]2C(=O)O)C1(C)C. The van der Waals surface area contributed by atoms with Crippen molar-refractivity contribution >= 4 is 12.0 Å². The van der Waals surface area contributed by atoms with Gasteiger partial charge in [0.1, 0.15) is 6.04 Å². The summed E-state index contributed by atoms with van der Waals surface area (Å²) in [5, 5.41) is 21.4. The third kappa shape index (κ3) is 2.26. The molecular formula is C14H24N2O4. The monoisotopic (exact) mass is 284 g/mol. The molecule has 2 aliphatic rings. The highest BCUT2D eigenvalue weighted by atomic mass is 16.4. The summed E-state index contributed by atoms with van der Waals surface area (Å²) in [6.45, 7) is 9.30. The minimum Gasteiger partial charge on any atom is -0.480 e. The summed E-state index contributed by atoms with van der Waals surface area (Å²) in [4.78, 5) is 24.4. The molecule has 1 aliphatic heterocycles. The molecule has 0 radical (unpaired) electrons. The Kier molecular flexibility index (Phi) is 3.48. The number of nitrogens with zero attached hydrogens (tertiary/aromatic N) is 1. The lowest BCUT2D eigenvalue weighted by molar-refractivity contribution is -0.141. The highest BCUT2D eigenvalue weighted by Gasteiger charge is 2.64. The second-order valence-electron chi connectivity index (χ2n) is 7.08. The van der Waals surface area contributed by atoms with Crippen molar-refractivity contribution in [1.82, 2.24) is 10.2 Å². The first-order valence-electron chi connectivity index (χ1n) is 7.04. The van der Waals surface area contributed by atoms with Gasteiger partial charge in [-0.1, -0.05) is 27.7 Å². The normalized spacial score (nSPS) is 31.1. The van der Waals surface area contributed by atoms with Gasteiger partial charge in [0, 0.05) is 19.5 Å². The molecular weight excluding hydrogens is 260 g/mol. The van der Waals surface area contributed by atoms with Crippen molar-refractivity contribution < 1.29 is 19.8 Å². The van der Waals surface area contributed by atoms with Crippen LogP contribution in [0.15, 0.2) is 0 Å². The van der Waals surface area contributed by atoms with E-state index in [0.29, 0.717) is 12.5 Å². The molecule has 1 aliphatic carbocycles. The Morgan fingerprint density at radius 1 is 1.25 bits per heavy atom. The van der Waals surface area contributed by atoms with E-state index in [9.17, 15) is 14.7 Å². The number of likely N-dealkylation sites (tertiary alicyclic amines) is 1. The van der Waals surface area contributed by atoms with E-state index in [0.717, 1.165) is 0 Å². The molecule has 1 saturated carbocycles. The van der Waals surface area contributed by atoms with Crippen LogP contribution in [0.3, 0.4) is 0 Å². The Balaban J connectivity index is 1.91. The average molecular weight is 284 g/mol. The zero-order valence-corrected chi connectivity index (χ0v) is 12.5. The molecule has 20 heavy (non-hydrogen) atoms. The molecule has 3 N–H and O–H groups in total. The molecule has 2 rings (SSSR count). The Morgan fingerprint density at radius 2 is 1.80 bits per heavy atom. The van der Waals surface area contributed by atoms with Crippen LogP contribution in [0.25, 0.3) is 0 Å². The number of carboxylic acids is 1. The van der Waals surface area contributed by atoms with E-state index in [1.54, 1.807) is 0 Å². The molecule has 114 valence electrons. The van der Waals surface area contributed by atoms with Gasteiger partial charge in [0.15, 0.2) is 0 Å². The van der Waals surface area contributed by atoms with Crippen molar-refractivity contribution in [2.75, 3.05) is 13.1 Å². The van der Waals surface area contributed by atoms with Gasteiger partial charge >= 0.3 is 12.0 Å². The van der Waals surface area contributed by atoms with Crippen LogP contribution in [0, 0.1) is 16.7 Å². The minimum atomic E-state index is -1.07. The van der Waals surface area contributed by atoms with Crippen LogP contribution in [-0.2, 0) is 4.79 Å². The quantitative estimate of drug-likeness (QED) is 0.718. The Labute approximate surface area is 119 Å². The van der Waals surface area contributed by atoms with Crippen molar-refractivity contribution in [1.29, 1.82) is 0 Å². The molecule has 1 saturated heterocycles. The number of hydrogen-bond acceptors (Lipinski definition) is 3. The first-order chi connectivity index (χ1) is 9.09. The summed E-state index contributed by atoms with van der Waals surface area (Å²) in [5.41, 5.74) is 0.355. The van der Waals surface area contributed by atoms with Crippen LogP contribution in [0.1, 0.15) is 34.1 Å². The van der Waals surface area contributed by atoms with Crippen molar-refractivity contribution in [3.63, 3.8) is 0 Å². The van der Waals surface area contributed by atoms with Crippen LogP contribution in [0.2, 0.25) is 0 Å². The molecule has 2 atom stereocenters. The first kappa shape index (κ1) is 15.1. The first-order valence-corrected chi connectivity index (χ1v) is 7.04. The molecule has 0 aromatic carbocycles. The van der Waals surface area contributed by atoms with Gasteiger partial charge in [-0.2, -0.15) is 0 Å². The van der Waals surface area contributed by atoms with Crippen LogP contribution in [0.4, 0.5) is 4.79 Å². The number of nitrogens with one attached hydrogen (secondary N) is 1. The van der Waals surface area contributed by atoms with Gasteiger partial charge in [-0.05, 0) is 16.7 Å². The summed E-state index contributed by atoms with van der Waals surface area (Å²) in [7, 11) is 0. The largest absolute Gasteiger partial charge is 0.480 e. The van der Waals surface area contributed by atoms with E-state index in [2.05, 4.69) is 33.0 Å². The van der Waals surface area contributed by atoms with Gasteiger partial charge < -0.3 is 20.4 Å². The second kappa shape index (κ2) is 4.62. The number of carbonyl (C=O) groups is 2. The number of amides is 2. The van der Waals surface area contributed by atoms with Gasteiger partial charge in [0.25, 0.3) is 0 Å². The lowest BCUT2D eigenvalue weighted by atomic mass is 10.0. The Morgan fingerprint density at radius 3 is 2.25 bits per heavy atom. The Bertz CT molecular complexity index is 419. The van der Waals surface area contributed by atoms with E-state index in [1.165, 1.54) is 4.90 Å². The number of rotatable bonds is 3. The van der Waals surface area contributed by atoms with Gasteiger partial charge in [-0.15, -0.1) is 0 Å². The van der Waals surface area contributed by atoms with Crippen LogP contribution < -0.4 is 5.32 Å². The maximum Gasteiger partial charge on any atom is 0.326 e. The molecule has 0 spiro atoms. The maximum absolute atomic E-state index is 12.1. The average Bonchev–Trinajstić information content (AvgIpc) is 2.65. The third-order valence-corrected chi connectivity index (χ3v) is 5.60. The number of urea groups is 1. The molecule has 0 bridgehead atoms. The van der Waals surface area contributed by atoms with Gasteiger partial charge in [-0.25, -0.2) is 9.59 Å². The number of aliphatic hydroxyl groups excluding tert-OH is 1. The molecule has 2 amide bonds. The Hall–Kier alpha value is -1.30. The summed E-state index contributed by atoms with van der Waals surface area (Å²) >= 11 is 0. The molecule has 0 aromatic heterocycles. The van der Waals surface area contributed by atoms with E-state index in [1.807, 2.05) is 0 Å². The number of carbonyl (C=O) groups excluding carboxylic acids is 1. The topological polar surface area (TPSA) is 89.9 Å². The fraction of sp³-hybridized carbons (Fsp3) is 0.857. The molecule has 0 unspecified atom stereocenters. The van der Waals surface area contributed by atoms with E-state index >= 15 is 0 Å². The molecule has 6 heteroatoms. The zero-order chi connectivity index (χ0) is 15.3. The smallest absolute Gasteiger partial charge is 0.326 e. The summed E-state index contributed by atoms with van der Waals surface area (Å²) in [6.07, 6.45) is -0.654. The lowest BCUT2D eigenvalue weighted by Crippen LogP contribution is -2.46. The van der Waals surface area contributed by atoms with E-state index in [-0.39, 0.29) is 23.8 Å². The van der Waals surface area contributed by atoms with Gasteiger partial charge in [0.2, 0.25) is 0 Å². The van der Waals surface area contributed by atoms with Crippen molar-refractivity contribution in [2.24, 2.45) is 16.7 Å². The number of carboxylic acid groups (broad SMARTS) is 1. The number of aliphatic hydroxyl groups is 1. The van der Waals surface area contributed by atoms with Gasteiger partial charge in [0.05, 0.1) is 6.10 Å². The highest BCUT2D eigenvalue weighted by molar-refractivity contribution is 5.83. The predicted molar refractivity (Wildman–Crippen MR) is 73.2 cm³/mol. The fourth-order valence-corrected chi connectivity index (χ4v) is 3.41. The summed E-state index contributed by atoms with van der Waals surface area (Å²) < 4.78 is 0. The summed E-state index contributed by atoms with van der Waals surface area (Å²) in [5.74, 6) is -0.682. The van der Waals surface area contributed by atoms with Crippen molar-refractivity contribution in [3.8, 4) is 0 Å². The third-order valence-electron chi connectivity index (χ3n) is 5.60. The standard InChI is InChI=1S/C14H24N2O4/c1-13(2)10(14(13,3)4)6-15-12(20)16-7-8(17)5-9(16)11(18)19/h8-10,17H,5-7H2,1-4H3,(H,15,20)(H,18,19)/t8-,9+/m1/s1. The van der Waals surface area contributed by atoms with Crippen molar-refractivity contribution in [3.05, 3.63) is 0 Å². The van der Waals surface area contributed by atoms with Crippen LogP contribution in [-0.4, -0.2) is 52.3 Å². The maximum atomic E-state index is 12.1. The fourth-order valence-electron chi connectivity index (χ4n) is 3.41. The summed E-state index contributed by atoms with van der Waals surface area (Å²) in [6, 6.07) is -1.32. The molecule has 1 heterocycles. The van der Waals surface area contributed by atoms with E-state index < -0.39 is 24.1 Å². The zero-order valence-electron chi connectivity index (χ0n) is 12.5. The lowest BCUT2D eigenvalue weighted by Gasteiger charge is -2.21. The molecule has 2 fully saturated rings. The number of β-amino-alcohol motifs (C(OH)–C–C–N with tert-alkyl or cyclic N) is 1. The van der Waals surface area contributed by atoms with Crippen LogP contribution in [0.5, 0.6) is 0 Å².